The summed E-state index contributed by atoms with van der Waals surface area (Å²) in [4.78, 5) is 36.6. The van der Waals surface area contributed by atoms with Gasteiger partial charge in [-0.05, 0) is 42.8 Å². The number of amides is 3. The maximum Gasteiger partial charge on any atom is 0.271 e. The van der Waals surface area contributed by atoms with Crippen LogP contribution in [0.1, 0.15) is 31.7 Å². The van der Waals surface area contributed by atoms with Crippen molar-refractivity contribution in [2.24, 2.45) is 5.10 Å². The standard InChI is InChI=1S/C21H21ClN4O3/c1-3-19(27)23-14-7-8-16(22)18(12-14)24-21(29)17-9-10-20(28)26(25-17)15-6-4-5-13(2)11-15/h4-8,11-12H,3,9-10H2,1-2H3,(H,23,27)(H,24,29). The number of halogens is 1. The molecule has 150 valence electrons. The summed E-state index contributed by atoms with van der Waals surface area (Å²) in [5, 5.41) is 11.3. The second-order valence-electron chi connectivity index (χ2n) is 6.64. The highest BCUT2D eigenvalue weighted by Gasteiger charge is 2.26. The minimum absolute atomic E-state index is 0.145. The van der Waals surface area contributed by atoms with Gasteiger partial charge in [-0.2, -0.15) is 5.10 Å². The Hall–Kier alpha value is -3.19. The van der Waals surface area contributed by atoms with Gasteiger partial charge in [0.05, 0.1) is 16.4 Å². The molecule has 3 amide bonds. The monoisotopic (exact) mass is 412 g/mol. The van der Waals surface area contributed by atoms with Gasteiger partial charge in [-0.15, -0.1) is 0 Å². The largest absolute Gasteiger partial charge is 0.326 e. The van der Waals surface area contributed by atoms with Crippen molar-refractivity contribution >= 4 is 52.1 Å². The van der Waals surface area contributed by atoms with Crippen LogP contribution < -0.4 is 15.6 Å². The third-order valence-electron chi connectivity index (χ3n) is 4.36. The van der Waals surface area contributed by atoms with Gasteiger partial charge in [0.15, 0.2) is 0 Å². The highest BCUT2D eigenvalue weighted by atomic mass is 35.5. The predicted molar refractivity (Wildman–Crippen MR) is 114 cm³/mol. The summed E-state index contributed by atoms with van der Waals surface area (Å²) < 4.78 is 0. The minimum Gasteiger partial charge on any atom is -0.326 e. The van der Waals surface area contributed by atoms with Crippen molar-refractivity contribution in [3.8, 4) is 0 Å². The van der Waals surface area contributed by atoms with Crippen LogP contribution in [0.4, 0.5) is 17.1 Å². The number of nitrogens with one attached hydrogen (secondary N) is 2. The molecule has 0 radical (unpaired) electrons. The molecule has 0 bridgehead atoms. The lowest BCUT2D eigenvalue weighted by atomic mass is 10.1. The van der Waals surface area contributed by atoms with Crippen molar-refractivity contribution in [3.63, 3.8) is 0 Å². The first-order valence-corrected chi connectivity index (χ1v) is 9.63. The van der Waals surface area contributed by atoms with E-state index < -0.39 is 5.91 Å². The molecular weight excluding hydrogens is 392 g/mol. The molecule has 0 unspecified atom stereocenters. The Labute approximate surface area is 173 Å². The highest BCUT2D eigenvalue weighted by Crippen LogP contribution is 2.27. The Bertz CT molecular complexity index is 1000. The van der Waals surface area contributed by atoms with E-state index in [0.717, 1.165) is 5.56 Å². The Kier molecular flexibility index (Phi) is 6.29. The van der Waals surface area contributed by atoms with Crippen LogP contribution in [0.3, 0.4) is 0 Å². The SMILES string of the molecule is CCC(=O)Nc1ccc(Cl)c(NC(=O)C2=NN(c3cccc(C)c3)C(=O)CC2)c1. The zero-order valence-electron chi connectivity index (χ0n) is 16.2. The lowest BCUT2D eigenvalue weighted by Crippen LogP contribution is -2.36. The van der Waals surface area contributed by atoms with E-state index in [2.05, 4.69) is 15.7 Å². The summed E-state index contributed by atoms with van der Waals surface area (Å²) in [6.07, 6.45) is 0.751. The topological polar surface area (TPSA) is 90.9 Å². The fraction of sp³-hybridized carbons (Fsp3) is 0.238. The molecule has 2 aromatic rings. The zero-order valence-corrected chi connectivity index (χ0v) is 16.9. The van der Waals surface area contributed by atoms with Crippen LogP contribution in [0, 0.1) is 6.92 Å². The van der Waals surface area contributed by atoms with Gasteiger partial charge in [0.25, 0.3) is 5.91 Å². The third kappa shape index (κ3) is 5.00. The minimum atomic E-state index is -0.448. The van der Waals surface area contributed by atoms with E-state index in [1.165, 1.54) is 5.01 Å². The quantitative estimate of drug-likeness (QED) is 0.773. The van der Waals surface area contributed by atoms with Crippen molar-refractivity contribution in [3.05, 3.63) is 53.1 Å². The number of hydrogen-bond donors (Lipinski definition) is 2. The summed E-state index contributed by atoms with van der Waals surface area (Å²) >= 11 is 6.18. The molecule has 2 aromatic carbocycles. The van der Waals surface area contributed by atoms with Crippen LogP contribution in [0.25, 0.3) is 0 Å². The first-order chi connectivity index (χ1) is 13.9. The molecule has 2 N–H and O–H groups in total. The Balaban J connectivity index is 1.81. The van der Waals surface area contributed by atoms with Crippen LogP contribution in [-0.2, 0) is 14.4 Å². The van der Waals surface area contributed by atoms with Crippen molar-refractivity contribution in [1.29, 1.82) is 0 Å². The summed E-state index contributed by atoms with van der Waals surface area (Å²) in [6.45, 7) is 3.66. The summed E-state index contributed by atoms with van der Waals surface area (Å²) in [7, 11) is 0. The van der Waals surface area contributed by atoms with Crippen LogP contribution >= 0.6 is 11.6 Å². The molecular formula is C21H21ClN4O3. The number of hydrogen-bond acceptors (Lipinski definition) is 4. The fourth-order valence-corrected chi connectivity index (χ4v) is 2.99. The van der Waals surface area contributed by atoms with Gasteiger partial charge in [0.2, 0.25) is 11.8 Å². The lowest BCUT2D eigenvalue weighted by Gasteiger charge is -2.23. The van der Waals surface area contributed by atoms with Crippen LogP contribution in [0.15, 0.2) is 47.6 Å². The van der Waals surface area contributed by atoms with E-state index in [1.807, 2.05) is 25.1 Å². The molecule has 0 spiro atoms. The number of aryl methyl sites for hydroxylation is 1. The van der Waals surface area contributed by atoms with Crippen LogP contribution in [0.5, 0.6) is 0 Å². The van der Waals surface area contributed by atoms with Crippen LogP contribution in [0.2, 0.25) is 5.02 Å². The molecule has 0 aromatic heterocycles. The van der Waals surface area contributed by atoms with Gasteiger partial charge in [-0.25, -0.2) is 5.01 Å². The second-order valence-corrected chi connectivity index (χ2v) is 7.05. The first-order valence-electron chi connectivity index (χ1n) is 9.25. The second kappa shape index (κ2) is 8.87. The van der Waals surface area contributed by atoms with Gasteiger partial charge in [0, 0.05) is 24.9 Å². The normalized spacial score (nSPS) is 13.7. The molecule has 0 saturated carbocycles. The maximum absolute atomic E-state index is 12.7. The van der Waals surface area contributed by atoms with E-state index in [9.17, 15) is 14.4 Å². The molecule has 1 heterocycles. The fourth-order valence-electron chi connectivity index (χ4n) is 2.82. The smallest absolute Gasteiger partial charge is 0.271 e. The maximum atomic E-state index is 12.7. The number of nitrogens with zero attached hydrogens (tertiary/aromatic N) is 2. The summed E-state index contributed by atoms with van der Waals surface area (Å²) in [6, 6.07) is 12.2. The molecule has 1 aliphatic heterocycles. The molecule has 0 fully saturated rings. The molecule has 8 heteroatoms. The van der Waals surface area contributed by atoms with Crippen molar-refractivity contribution in [2.45, 2.75) is 33.1 Å². The molecule has 0 saturated heterocycles. The van der Waals surface area contributed by atoms with E-state index in [0.29, 0.717) is 28.5 Å². The van der Waals surface area contributed by atoms with Crippen LogP contribution in [-0.4, -0.2) is 23.4 Å². The van der Waals surface area contributed by atoms with Gasteiger partial charge in [-0.3, -0.25) is 14.4 Å². The van der Waals surface area contributed by atoms with Gasteiger partial charge >= 0.3 is 0 Å². The van der Waals surface area contributed by atoms with E-state index in [-0.39, 0.29) is 30.4 Å². The molecule has 0 aliphatic carbocycles. The van der Waals surface area contributed by atoms with Gasteiger partial charge in [-0.1, -0.05) is 30.7 Å². The summed E-state index contributed by atoms with van der Waals surface area (Å²) in [5.74, 6) is -0.765. The average Bonchev–Trinajstić information content (AvgIpc) is 2.70. The number of carbonyl (C=O) groups excluding carboxylic acids is 3. The van der Waals surface area contributed by atoms with E-state index >= 15 is 0 Å². The van der Waals surface area contributed by atoms with Crippen molar-refractivity contribution < 1.29 is 14.4 Å². The molecule has 7 nitrogen and oxygen atoms in total. The molecule has 1 aliphatic rings. The Morgan fingerprint density at radius 1 is 1.14 bits per heavy atom. The average molecular weight is 413 g/mol. The lowest BCUT2D eigenvalue weighted by molar-refractivity contribution is -0.119. The molecule has 0 atom stereocenters. The van der Waals surface area contributed by atoms with Gasteiger partial charge in [0.1, 0.15) is 5.71 Å². The Morgan fingerprint density at radius 3 is 2.66 bits per heavy atom. The Morgan fingerprint density at radius 2 is 1.93 bits per heavy atom. The van der Waals surface area contributed by atoms with Crippen molar-refractivity contribution in [2.75, 3.05) is 15.6 Å². The number of rotatable bonds is 5. The van der Waals surface area contributed by atoms with Crippen molar-refractivity contribution in [1.82, 2.24) is 0 Å². The zero-order chi connectivity index (χ0) is 21.0. The summed E-state index contributed by atoms with van der Waals surface area (Å²) in [5.41, 5.74) is 2.71. The highest BCUT2D eigenvalue weighted by molar-refractivity contribution is 6.45. The first kappa shape index (κ1) is 20.5. The van der Waals surface area contributed by atoms with E-state index in [1.54, 1.807) is 31.2 Å². The van der Waals surface area contributed by atoms with E-state index in [4.69, 9.17) is 11.6 Å². The predicted octanol–water partition coefficient (Wildman–Crippen LogP) is 4.12. The number of benzene rings is 2. The number of anilines is 3. The molecule has 29 heavy (non-hydrogen) atoms. The third-order valence-corrected chi connectivity index (χ3v) is 4.69. The number of carbonyl (C=O) groups is 3. The molecule has 3 rings (SSSR count). The van der Waals surface area contributed by atoms with Gasteiger partial charge < -0.3 is 10.6 Å². The number of hydrazone groups is 1.